The van der Waals surface area contributed by atoms with E-state index in [2.05, 4.69) is 9.71 Å². The number of pyridine rings is 1. The van der Waals surface area contributed by atoms with Gasteiger partial charge in [0.2, 0.25) is 10.0 Å². The lowest BCUT2D eigenvalue weighted by molar-refractivity contribution is 0.353. The zero-order chi connectivity index (χ0) is 16.3. The monoisotopic (exact) mass is 330 g/mol. The molecule has 0 amide bonds. The molecule has 0 saturated heterocycles. The van der Waals surface area contributed by atoms with Gasteiger partial charge < -0.3 is 4.74 Å². The normalized spacial score (nSPS) is 13.9. The molecule has 2 aromatic rings. The number of nitrogens with one attached hydrogen (secondary N) is 1. The van der Waals surface area contributed by atoms with Crippen molar-refractivity contribution in [2.75, 3.05) is 13.2 Å². The highest BCUT2D eigenvalue weighted by Crippen LogP contribution is 2.27. The molecule has 1 aliphatic heterocycles. The Morgan fingerprint density at radius 2 is 2.04 bits per heavy atom. The number of hydrogen-bond acceptors (Lipinski definition) is 4. The van der Waals surface area contributed by atoms with Crippen LogP contribution in [0, 0.1) is 6.92 Å². The van der Waals surface area contributed by atoms with Crippen LogP contribution in [0.25, 0.3) is 6.08 Å². The van der Waals surface area contributed by atoms with E-state index in [1.165, 1.54) is 0 Å². The molecule has 120 valence electrons. The maximum Gasteiger partial charge on any atom is 0.240 e. The van der Waals surface area contributed by atoms with Gasteiger partial charge in [-0.1, -0.05) is 24.3 Å². The second-order valence-electron chi connectivity index (χ2n) is 5.39. The number of aryl methyl sites for hydroxylation is 1. The van der Waals surface area contributed by atoms with E-state index < -0.39 is 10.0 Å². The third-order valence-corrected chi connectivity index (χ3v) is 5.14. The maximum atomic E-state index is 12.4. The number of rotatable bonds is 5. The van der Waals surface area contributed by atoms with Gasteiger partial charge in [0.15, 0.2) is 0 Å². The molecule has 1 aromatic heterocycles. The molecule has 0 aliphatic carbocycles. The van der Waals surface area contributed by atoms with Crippen LogP contribution in [-0.4, -0.2) is 26.6 Å². The van der Waals surface area contributed by atoms with Crippen molar-refractivity contribution in [3.63, 3.8) is 0 Å². The van der Waals surface area contributed by atoms with Crippen molar-refractivity contribution >= 4 is 16.1 Å². The minimum Gasteiger partial charge on any atom is -0.487 e. The molecule has 23 heavy (non-hydrogen) atoms. The van der Waals surface area contributed by atoms with E-state index in [4.69, 9.17) is 4.74 Å². The van der Waals surface area contributed by atoms with Crippen molar-refractivity contribution < 1.29 is 13.2 Å². The predicted molar refractivity (Wildman–Crippen MR) is 89.5 cm³/mol. The molecule has 2 heterocycles. The molecule has 6 heteroatoms. The molecule has 0 bridgehead atoms. The molecule has 0 unspecified atom stereocenters. The lowest BCUT2D eigenvalue weighted by Crippen LogP contribution is -2.30. The molecule has 0 radical (unpaired) electrons. The molecule has 1 aliphatic rings. The standard InChI is InChI=1S/C17H18N2O3S/c1-13-6-7-14(11-18-13)8-9-19-23(20,21)16-10-15-4-2-3-5-17(15)22-12-16/h2-7,10-11,19H,8-9,12H2,1H3. The van der Waals surface area contributed by atoms with Crippen molar-refractivity contribution in [1.29, 1.82) is 0 Å². The Kier molecular flexibility index (Phi) is 4.45. The van der Waals surface area contributed by atoms with E-state index >= 15 is 0 Å². The summed E-state index contributed by atoms with van der Waals surface area (Å²) >= 11 is 0. The fraction of sp³-hybridized carbons (Fsp3) is 0.235. The molecule has 3 rings (SSSR count). The third-order valence-electron chi connectivity index (χ3n) is 3.63. The average Bonchev–Trinajstić information content (AvgIpc) is 2.56. The quantitative estimate of drug-likeness (QED) is 0.913. The van der Waals surface area contributed by atoms with Crippen molar-refractivity contribution in [1.82, 2.24) is 9.71 Å². The highest BCUT2D eigenvalue weighted by molar-refractivity contribution is 7.93. The first-order valence-corrected chi connectivity index (χ1v) is 8.86. The topological polar surface area (TPSA) is 68.3 Å². The van der Waals surface area contributed by atoms with Crippen LogP contribution in [0.5, 0.6) is 5.75 Å². The number of benzene rings is 1. The zero-order valence-electron chi connectivity index (χ0n) is 12.8. The second-order valence-corrected chi connectivity index (χ2v) is 7.21. The van der Waals surface area contributed by atoms with E-state index in [-0.39, 0.29) is 11.5 Å². The number of hydrogen-bond donors (Lipinski definition) is 1. The third kappa shape index (κ3) is 3.78. The molecule has 0 saturated carbocycles. The SMILES string of the molecule is Cc1ccc(CCNS(=O)(=O)C2=Cc3ccccc3OC2)cn1. The fourth-order valence-corrected chi connectivity index (χ4v) is 3.37. The van der Waals surface area contributed by atoms with Gasteiger partial charge in [-0.05, 0) is 37.1 Å². The number of ether oxygens (including phenoxy) is 1. The second kappa shape index (κ2) is 6.52. The summed E-state index contributed by atoms with van der Waals surface area (Å²) in [7, 11) is -3.54. The number of para-hydroxylation sites is 1. The Hall–Kier alpha value is -2.18. The van der Waals surface area contributed by atoms with Crippen molar-refractivity contribution in [3.8, 4) is 5.75 Å². The minimum atomic E-state index is -3.54. The van der Waals surface area contributed by atoms with Crippen LogP contribution in [0.1, 0.15) is 16.8 Å². The van der Waals surface area contributed by atoms with Crippen molar-refractivity contribution in [2.45, 2.75) is 13.3 Å². The predicted octanol–water partition coefficient (Wildman–Crippen LogP) is 2.29. The average molecular weight is 330 g/mol. The summed E-state index contributed by atoms with van der Waals surface area (Å²) in [6.07, 6.45) is 4.02. The number of nitrogens with zero attached hydrogens (tertiary/aromatic N) is 1. The van der Waals surface area contributed by atoms with Crippen molar-refractivity contribution in [3.05, 3.63) is 64.3 Å². The first kappa shape index (κ1) is 15.7. The summed E-state index contributed by atoms with van der Waals surface area (Å²) < 4.78 is 32.9. The lowest BCUT2D eigenvalue weighted by Gasteiger charge is -2.18. The Labute approximate surface area is 136 Å². The van der Waals surface area contributed by atoms with E-state index in [0.717, 1.165) is 16.8 Å². The molecular weight excluding hydrogens is 312 g/mol. The first-order chi connectivity index (χ1) is 11.0. The summed E-state index contributed by atoms with van der Waals surface area (Å²) in [4.78, 5) is 4.45. The minimum absolute atomic E-state index is 0.0540. The molecule has 0 atom stereocenters. The van der Waals surface area contributed by atoms with Crippen molar-refractivity contribution in [2.24, 2.45) is 0 Å². The van der Waals surface area contributed by atoms with Gasteiger partial charge in [0, 0.05) is 24.0 Å². The van der Waals surface area contributed by atoms with Gasteiger partial charge in [-0.2, -0.15) is 0 Å². The van der Waals surface area contributed by atoms with Crippen LogP contribution in [0.3, 0.4) is 0 Å². The largest absolute Gasteiger partial charge is 0.487 e. The van der Waals surface area contributed by atoms with E-state index in [9.17, 15) is 8.42 Å². The lowest BCUT2D eigenvalue weighted by atomic mass is 10.1. The van der Waals surface area contributed by atoms with Crippen LogP contribution < -0.4 is 9.46 Å². The summed E-state index contributed by atoms with van der Waals surface area (Å²) in [5, 5.41) is 0. The van der Waals surface area contributed by atoms with Gasteiger partial charge in [0.05, 0.1) is 4.91 Å². The van der Waals surface area contributed by atoms with E-state index in [1.807, 2.05) is 43.3 Å². The Morgan fingerprint density at radius 1 is 1.22 bits per heavy atom. The molecule has 5 nitrogen and oxygen atoms in total. The highest BCUT2D eigenvalue weighted by atomic mass is 32.2. The van der Waals surface area contributed by atoms with Gasteiger partial charge >= 0.3 is 0 Å². The highest BCUT2D eigenvalue weighted by Gasteiger charge is 2.22. The van der Waals surface area contributed by atoms with Gasteiger partial charge in [-0.3, -0.25) is 4.98 Å². The summed E-state index contributed by atoms with van der Waals surface area (Å²) in [5.74, 6) is 0.706. The fourth-order valence-electron chi connectivity index (χ4n) is 2.32. The Morgan fingerprint density at radius 3 is 2.83 bits per heavy atom. The van der Waals surface area contributed by atoms with Crippen LogP contribution in [0.2, 0.25) is 0 Å². The van der Waals surface area contributed by atoms with Gasteiger partial charge in [-0.15, -0.1) is 0 Å². The number of sulfonamides is 1. The van der Waals surface area contributed by atoms with Gasteiger partial charge in [-0.25, -0.2) is 13.1 Å². The molecule has 0 fully saturated rings. The van der Waals surface area contributed by atoms with Crippen LogP contribution in [0.15, 0.2) is 47.5 Å². The summed E-state index contributed by atoms with van der Waals surface area (Å²) in [6.45, 7) is 2.30. The van der Waals surface area contributed by atoms with E-state index in [1.54, 1.807) is 12.3 Å². The first-order valence-electron chi connectivity index (χ1n) is 7.38. The Bertz CT molecular complexity index is 827. The molecule has 1 N–H and O–H groups in total. The van der Waals surface area contributed by atoms with Gasteiger partial charge in [0.25, 0.3) is 0 Å². The molecule has 0 spiro atoms. The van der Waals surface area contributed by atoms with Gasteiger partial charge in [0.1, 0.15) is 12.4 Å². The van der Waals surface area contributed by atoms with Crippen LogP contribution >= 0.6 is 0 Å². The summed E-state index contributed by atoms with van der Waals surface area (Å²) in [6, 6.07) is 11.2. The molecule has 1 aromatic carbocycles. The smallest absolute Gasteiger partial charge is 0.240 e. The van der Waals surface area contributed by atoms with Crippen LogP contribution in [0.4, 0.5) is 0 Å². The summed E-state index contributed by atoms with van der Waals surface area (Å²) in [5.41, 5.74) is 2.72. The Balaban J connectivity index is 1.66. The number of aromatic nitrogens is 1. The number of fused-ring (bicyclic) bond motifs is 1. The van der Waals surface area contributed by atoms with E-state index in [0.29, 0.717) is 18.7 Å². The van der Waals surface area contributed by atoms with Crippen LogP contribution in [-0.2, 0) is 16.4 Å². The molecular formula is C17H18N2O3S. The zero-order valence-corrected chi connectivity index (χ0v) is 13.6. The maximum absolute atomic E-state index is 12.4.